The number of benzene rings is 1. The second-order valence-electron chi connectivity index (χ2n) is 7.36. The predicted octanol–water partition coefficient (Wildman–Crippen LogP) is 2.36. The van der Waals surface area contributed by atoms with E-state index in [1.54, 1.807) is 0 Å². The van der Waals surface area contributed by atoms with E-state index in [2.05, 4.69) is 47.2 Å². The van der Waals surface area contributed by atoms with Gasteiger partial charge in [0.2, 0.25) is 0 Å². The molecule has 1 saturated heterocycles. The summed E-state index contributed by atoms with van der Waals surface area (Å²) in [7, 11) is 2.24. The number of likely N-dealkylation sites (N-methyl/N-ethyl adjacent to an activating group) is 1. The molecule has 0 aromatic heterocycles. The van der Waals surface area contributed by atoms with Crippen molar-refractivity contribution in [3.05, 3.63) is 35.9 Å². The van der Waals surface area contributed by atoms with Crippen LogP contribution in [0, 0.1) is 5.92 Å². The van der Waals surface area contributed by atoms with Crippen LogP contribution < -0.4 is 5.73 Å². The minimum Gasteiger partial charge on any atom is -0.330 e. The largest absolute Gasteiger partial charge is 0.330 e. The number of nitrogens with zero attached hydrogens (tertiary/aromatic N) is 2. The SMILES string of the molecule is CN1CCN(C2(Cc3ccccc3)CCC(CN)CC2)CC1. The predicted molar refractivity (Wildman–Crippen MR) is 93.0 cm³/mol. The quantitative estimate of drug-likeness (QED) is 0.926. The summed E-state index contributed by atoms with van der Waals surface area (Å²) in [5.41, 5.74) is 7.78. The highest BCUT2D eigenvalue weighted by atomic mass is 15.3. The molecular formula is C19H31N3. The molecule has 2 fully saturated rings. The molecule has 2 aliphatic rings. The number of nitrogens with two attached hydrogens (primary N) is 1. The lowest BCUT2D eigenvalue weighted by atomic mass is 9.72. The van der Waals surface area contributed by atoms with Gasteiger partial charge in [0.25, 0.3) is 0 Å². The van der Waals surface area contributed by atoms with Gasteiger partial charge >= 0.3 is 0 Å². The molecule has 1 aliphatic carbocycles. The summed E-state index contributed by atoms with van der Waals surface area (Å²) >= 11 is 0. The van der Waals surface area contributed by atoms with Crippen LogP contribution in [-0.4, -0.2) is 55.1 Å². The lowest BCUT2D eigenvalue weighted by Gasteiger charge is -2.51. The Labute approximate surface area is 135 Å². The maximum Gasteiger partial charge on any atom is 0.0251 e. The summed E-state index contributed by atoms with van der Waals surface area (Å²) in [6.07, 6.45) is 6.43. The zero-order valence-electron chi connectivity index (χ0n) is 14.0. The van der Waals surface area contributed by atoms with E-state index in [0.29, 0.717) is 5.54 Å². The minimum atomic E-state index is 0.369. The maximum atomic E-state index is 5.92. The third-order valence-electron chi connectivity index (χ3n) is 5.92. The Morgan fingerprint density at radius 1 is 1.05 bits per heavy atom. The van der Waals surface area contributed by atoms with Crippen LogP contribution in [0.1, 0.15) is 31.2 Å². The normalized spacial score (nSPS) is 31.3. The molecular weight excluding hydrogens is 270 g/mol. The fourth-order valence-corrected chi connectivity index (χ4v) is 4.31. The van der Waals surface area contributed by atoms with Gasteiger partial charge in [0.05, 0.1) is 0 Å². The van der Waals surface area contributed by atoms with Gasteiger partial charge in [0.1, 0.15) is 0 Å². The van der Waals surface area contributed by atoms with Crippen LogP contribution in [0.4, 0.5) is 0 Å². The minimum absolute atomic E-state index is 0.369. The Morgan fingerprint density at radius 3 is 2.27 bits per heavy atom. The standard InChI is InChI=1S/C19H31N3/c1-21-11-13-22(14-12-21)19(9-7-18(16-20)8-10-19)15-17-5-3-2-4-6-17/h2-6,18H,7-16,20H2,1H3. The van der Waals surface area contributed by atoms with E-state index in [9.17, 15) is 0 Å². The Hall–Kier alpha value is -0.900. The second kappa shape index (κ2) is 7.12. The van der Waals surface area contributed by atoms with E-state index >= 15 is 0 Å². The lowest BCUT2D eigenvalue weighted by Crippen LogP contribution is -2.59. The molecule has 0 unspecified atom stereocenters. The highest BCUT2D eigenvalue weighted by Gasteiger charge is 2.40. The molecule has 1 aliphatic heterocycles. The molecule has 3 rings (SSSR count). The highest BCUT2D eigenvalue weighted by molar-refractivity contribution is 5.19. The molecule has 0 spiro atoms. The van der Waals surface area contributed by atoms with Gasteiger partial charge in [0.15, 0.2) is 0 Å². The van der Waals surface area contributed by atoms with Crippen LogP contribution in [-0.2, 0) is 6.42 Å². The Balaban J connectivity index is 1.76. The van der Waals surface area contributed by atoms with Gasteiger partial charge in [-0.25, -0.2) is 0 Å². The van der Waals surface area contributed by atoms with Crippen molar-refractivity contribution in [2.24, 2.45) is 11.7 Å². The molecule has 0 bridgehead atoms. The van der Waals surface area contributed by atoms with Crippen molar-refractivity contribution in [3.8, 4) is 0 Å². The molecule has 0 radical (unpaired) electrons. The summed E-state index contributed by atoms with van der Waals surface area (Å²) < 4.78 is 0. The van der Waals surface area contributed by atoms with Gasteiger partial charge in [-0.1, -0.05) is 30.3 Å². The number of rotatable bonds is 4. The molecule has 2 N–H and O–H groups in total. The Bertz CT molecular complexity index is 443. The molecule has 0 amide bonds. The summed E-state index contributed by atoms with van der Waals surface area (Å²) in [5, 5.41) is 0. The summed E-state index contributed by atoms with van der Waals surface area (Å²) in [6, 6.07) is 11.1. The van der Waals surface area contributed by atoms with Crippen molar-refractivity contribution in [1.82, 2.24) is 9.80 Å². The van der Waals surface area contributed by atoms with Crippen molar-refractivity contribution < 1.29 is 0 Å². The van der Waals surface area contributed by atoms with E-state index in [-0.39, 0.29) is 0 Å². The fraction of sp³-hybridized carbons (Fsp3) is 0.684. The Kier molecular flexibility index (Phi) is 5.17. The van der Waals surface area contributed by atoms with Gasteiger partial charge in [0, 0.05) is 31.7 Å². The van der Waals surface area contributed by atoms with E-state index in [1.807, 2.05) is 0 Å². The third-order valence-corrected chi connectivity index (χ3v) is 5.92. The van der Waals surface area contributed by atoms with Gasteiger partial charge in [-0.2, -0.15) is 0 Å². The average Bonchev–Trinajstić information content (AvgIpc) is 2.57. The molecule has 122 valence electrons. The molecule has 3 heteroatoms. The maximum absolute atomic E-state index is 5.92. The molecule has 1 aromatic rings. The van der Waals surface area contributed by atoms with Crippen molar-refractivity contribution in [3.63, 3.8) is 0 Å². The number of hydrogen-bond acceptors (Lipinski definition) is 3. The monoisotopic (exact) mass is 301 g/mol. The van der Waals surface area contributed by atoms with Crippen LogP contribution >= 0.6 is 0 Å². The summed E-state index contributed by atoms with van der Waals surface area (Å²) in [4.78, 5) is 5.25. The van der Waals surface area contributed by atoms with Crippen molar-refractivity contribution in [2.45, 2.75) is 37.6 Å². The first-order chi connectivity index (χ1) is 10.7. The smallest absolute Gasteiger partial charge is 0.0251 e. The van der Waals surface area contributed by atoms with Gasteiger partial charge in [-0.15, -0.1) is 0 Å². The first kappa shape index (κ1) is 16.0. The Morgan fingerprint density at radius 2 is 1.68 bits per heavy atom. The van der Waals surface area contributed by atoms with E-state index in [1.165, 1.54) is 63.8 Å². The van der Waals surface area contributed by atoms with Gasteiger partial charge < -0.3 is 10.6 Å². The van der Waals surface area contributed by atoms with Crippen LogP contribution in [0.25, 0.3) is 0 Å². The zero-order valence-corrected chi connectivity index (χ0v) is 14.0. The third kappa shape index (κ3) is 3.53. The van der Waals surface area contributed by atoms with E-state index < -0.39 is 0 Å². The second-order valence-corrected chi connectivity index (χ2v) is 7.36. The lowest BCUT2D eigenvalue weighted by molar-refractivity contribution is 0.00428. The first-order valence-electron chi connectivity index (χ1n) is 8.89. The first-order valence-corrected chi connectivity index (χ1v) is 8.89. The molecule has 1 saturated carbocycles. The van der Waals surface area contributed by atoms with Crippen molar-refractivity contribution >= 4 is 0 Å². The van der Waals surface area contributed by atoms with Gasteiger partial charge in [-0.3, -0.25) is 4.90 Å². The average molecular weight is 301 g/mol. The fourth-order valence-electron chi connectivity index (χ4n) is 4.31. The van der Waals surface area contributed by atoms with Crippen LogP contribution in [0.5, 0.6) is 0 Å². The zero-order chi connectivity index (χ0) is 15.4. The summed E-state index contributed by atoms with van der Waals surface area (Å²) in [6.45, 7) is 5.71. The van der Waals surface area contributed by atoms with Crippen LogP contribution in [0.15, 0.2) is 30.3 Å². The summed E-state index contributed by atoms with van der Waals surface area (Å²) in [5.74, 6) is 0.747. The molecule has 1 aromatic carbocycles. The number of hydrogen-bond donors (Lipinski definition) is 1. The van der Waals surface area contributed by atoms with Crippen molar-refractivity contribution in [2.75, 3.05) is 39.8 Å². The van der Waals surface area contributed by atoms with E-state index in [0.717, 1.165) is 12.5 Å². The van der Waals surface area contributed by atoms with Crippen molar-refractivity contribution in [1.29, 1.82) is 0 Å². The molecule has 3 nitrogen and oxygen atoms in total. The number of piperazine rings is 1. The molecule has 0 atom stereocenters. The molecule has 22 heavy (non-hydrogen) atoms. The van der Waals surface area contributed by atoms with Crippen LogP contribution in [0.2, 0.25) is 0 Å². The highest BCUT2D eigenvalue weighted by Crippen LogP contribution is 2.39. The van der Waals surface area contributed by atoms with Crippen LogP contribution in [0.3, 0.4) is 0 Å². The van der Waals surface area contributed by atoms with E-state index in [4.69, 9.17) is 5.73 Å². The topological polar surface area (TPSA) is 32.5 Å². The molecule has 1 heterocycles. The van der Waals surface area contributed by atoms with Gasteiger partial charge in [-0.05, 0) is 57.2 Å².